The molecule has 158 valence electrons. The number of hydrogen-bond acceptors (Lipinski definition) is 4. The summed E-state index contributed by atoms with van der Waals surface area (Å²) in [5, 5.41) is 1.37. The number of aromatic nitrogens is 1. The van der Waals surface area contributed by atoms with E-state index in [4.69, 9.17) is 21.3 Å². The van der Waals surface area contributed by atoms with Crippen molar-refractivity contribution in [2.24, 2.45) is 0 Å². The molecule has 0 radical (unpaired) electrons. The number of halogens is 1. The monoisotopic (exact) mass is 442 g/mol. The van der Waals surface area contributed by atoms with Crippen LogP contribution in [0.4, 0.5) is 5.13 Å². The second-order valence-electron chi connectivity index (χ2n) is 8.25. The number of rotatable bonds is 6. The number of anilines is 1. The van der Waals surface area contributed by atoms with Crippen LogP contribution in [-0.2, 0) is 16.0 Å². The second kappa shape index (κ2) is 9.04. The molecule has 4 rings (SSSR count). The van der Waals surface area contributed by atoms with Crippen molar-refractivity contribution in [3.8, 4) is 0 Å². The zero-order valence-electron chi connectivity index (χ0n) is 17.7. The third-order valence-corrected chi connectivity index (χ3v) is 7.17. The molecule has 2 heterocycles. The van der Waals surface area contributed by atoms with Gasteiger partial charge in [-0.1, -0.05) is 67.1 Å². The van der Waals surface area contributed by atoms with Crippen LogP contribution in [0.3, 0.4) is 0 Å². The first-order valence-corrected chi connectivity index (χ1v) is 11.7. The lowest BCUT2D eigenvalue weighted by Crippen LogP contribution is -2.38. The van der Waals surface area contributed by atoms with Crippen molar-refractivity contribution < 1.29 is 9.53 Å². The van der Waals surface area contributed by atoms with Gasteiger partial charge < -0.3 is 4.74 Å². The first kappa shape index (κ1) is 21.3. The van der Waals surface area contributed by atoms with Crippen molar-refractivity contribution in [3.05, 3.63) is 58.1 Å². The van der Waals surface area contributed by atoms with E-state index in [2.05, 4.69) is 38.1 Å². The number of benzene rings is 2. The lowest BCUT2D eigenvalue weighted by Gasteiger charge is -2.23. The summed E-state index contributed by atoms with van der Waals surface area (Å²) in [6.45, 7) is 7.64. The highest BCUT2D eigenvalue weighted by Crippen LogP contribution is 2.36. The van der Waals surface area contributed by atoms with Crippen LogP contribution in [0.1, 0.15) is 49.3 Å². The molecule has 0 saturated carbocycles. The topological polar surface area (TPSA) is 42.4 Å². The summed E-state index contributed by atoms with van der Waals surface area (Å²) in [7, 11) is 0. The predicted molar refractivity (Wildman–Crippen MR) is 125 cm³/mol. The Hall–Kier alpha value is -1.95. The number of amides is 1. The summed E-state index contributed by atoms with van der Waals surface area (Å²) in [5.41, 5.74) is 4.22. The van der Waals surface area contributed by atoms with E-state index < -0.39 is 0 Å². The van der Waals surface area contributed by atoms with Crippen molar-refractivity contribution in [3.63, 3.8) is 0 Å². The molecule has 0 spiro atoms. The van der Waals surface area contributed by atoms with Crippen LogP contribution in [0.2, 0.25) is 5.02 Å². The van der Waals surface area contributed by atoms with Crippen LogP contribution in [0.5, 0.6) is 0 Å². The lowest BCUT2D eigenvalue weighted by atomic mass is 10.0. The molecule has 1 amide bonds. The number of carbonyl (C=O) groups excluding carboxylic acids is 1. The van der Waals surface area contributed by atoms with Crippen LogP contribution in [0, 0.1) is 6.92 Å². The maximum absolute atomic E-state index is 13.4. The van der Waals surface area contributed by atoms with Crippen molar-refractivity contribution in [2.75, 3.05) is 18.1 Å². The minimum absolute atomic E-state index is 0.0376. The van der Waals surface area contributed by atoms with Gasteiger partial charge in [0.05, 0.1) is 34.3 Å². The van der Waals surface area contributed by atoms with Gasteiger partial charge in [-0.2, -0.15) is 0 Å². The largest absolute Gasteiger partial charge is 0.376 e. The summed E-state index contributed by atoms with van der Waals surface area (Å²) >= 11 is 7.89. The van der Waals surface area contributed by atoms with Crippen molar-refractivity contribution in [2.45, 2.75) is 52.1 Å². The molecule has 1 fully saturated rings. The van der Waals surface area contributed by atoms with Gasteiger partial charge in [-0.25, -0.2) is 4.98 Å². The van der Waals surface area contributed by atoms with Crippen molar-refractivity contribution in [1.29, 1.82) is 0 Å². The number of aryl methyl sites for hydroxylation is 1. The molecule has 0 N–H and O–H groups in total. The molecule has 1 saturated heterocycles. The molecule has 2 aromatic carbocycles. The van der Waals surface area contributed by atoms with Gasteiger partial charge in [0.15, 0.2) is 5.13 Å². The molecule has 4 nitrogen and oxygen atoms in total. The quantitative estimate of drug-likeness (QED) is 0.460. The van der Waals surface area contributed by atoms with Gasteiger partial charge in [0.25, 0.3) is 0 Å². The number of nitrogens with zero attached hydrogens (tertiary/aromatic N) is 2. The Balaban J connectivity index is 1.63. The summed E-state index contributed by atoms with van der Waals surface area (Å²) in [6.07, 6.45) is 2.40. The SMILES string of the molecule is Cc1ccc(Cl)c2sc(N(CC3CCCO3)C(=O)Cc3ccc(C(C)C)cc3)nc12. The highest BCUT2D eigenvalue weighted by atomic mass is 35.5. The Morgan fingerprint density at radius 1 is 1.27 bits per heavy atom. The molecule has 1 aliphatic heterocycles. The molecule has 1 atom stereocenters. The molecule has 6 heteroatoms. The van der Waals surface area contributed by atoms with E-state index in [0.29, 0.717) is 29.0 Å². The Labute approximate surface area is 186 Å². The molecular weight excluding hydrogens is 416 g/mol. The Kier molecular flexibility index (Phi) is 6.42. The predicted octanol–water partition coefficient (Wildman–Crippen LogP) is 6.14. The Bertz CT molecular complexity index is 1000. The average Bonchev–Trinajstić information content (AvgIpc) is 3.39. The fourth-order valence-electron chi connectivity index (χ4n) is 3.78. The van der Waals surface area contributed by atoms with Gasteiger partial charge >= 0.3 is 0 Å². The number of carbonyl (C=O) groups is 1. The van der Waals surface area contributed by atoms with Gasteiger partial charge in [-0.05, 0) is 48.4 Å². The smallest absolute Gasteiger partial charge is 0.233 e. The highest BCUT2D eigenvalue weighted by molar-refractivity contribution is 7.23. The molecule has 1 aromatic heterocycles. The van der Waals surface area contributed by atoms with Crippen molar-refractivity contribution in [1.82, 2.24) is 4.98 Å². The van der Waals surface area contributed by atoms with Gasteiger partial charge in [0.2, 0.25) is 5.91 Å². The first-order valence-electron chi connectivity index (χ1n) is 10.5. The Morgan fingerprint density at radius 2 is 2.03 bits per heavy atom. The Morgan fingerprint density at radius 3 is 2.67 bits per heavy atom. The maximum Gasteiger partial charge on any atom is 0.233 e. The van der Waals surface area contributed by atoms with E-state index in [1.807, 2.05) is 19.1 Å². The summed E-state index contributed by atoms with van der Waals surface area (Å²) in [4.78, 5) is 20.0. The first-order chi connectivity index (χ1) is 14.4. The number of thiazole rings is 1. The molecule has 30 heavy (non-hydrogen) atoms. The summed E-state index contributed by atoms with van der Waals surface area (Å²) < 4.78 is 6.75. The van der Waals surface area contributed by atoms with Crippen LogP contribution >= 0.6 is 22.9 Å². The fourth-order valence-corrected chi connectivity index (χ4v) is 5.12. The fraction of sp³-hybridized carbons (Fsp3) is 0.417. The van der Waals surface area contributed by atoms with E-state index in [1.165, 1.54) is 16.9 Å². The van der Waals surface area contributed by atoms with E-state index in [0.717, 1.165) is 40.8 Å². The number of hydrogen-bond donors (Lipinski definition) is 0. The molecule has 0 aliphatic carbocycles. The van der Waals surface area contributed by atoms with Crippen LogP contribution in [0.25, 0.3) is 10.2 Å². The summed E-state index contributed by atoms with van der Waals surface area (Å²) in [5.74, 6) is 0.511. The molecule has 0 bridgehead atoms. The van der Waals surface area contributed by atoms with Crippen molar-refractivity contribution >= 4 is 44.2 Å². The van der Waals surface area contributed by atoms with Gasteiger partial charge in [0, 0.05) is 6.61 Å². The number of fused-ring (bicyclic) bond motifs is 1. The van der Waals surface area contributed by atoms with E-state index in [1.54, 1.807) is 4.90 Å². The minimum Gasteiger partial charge on any atom is -0.376 e. The zero-order valence-corrected chi connectivity index (χ0v) is 19.2. The van der Waals surface area contributed by atoms with Gasteiger partial charge in [-0.3, -0.25) is 9.69 Å². The van der Waals surface area contributed by atoms with Crippen LogP contribution < -0.4 is 4.90 Å². The molecule has 1 aliphatic rings. The molecular formula is C24H27ClN2O2S. The minimum atomic E-state index is 0.0376. The average molecular weight is 443 g/mol. The standard InChI is InChI=1S/C24H27ClN2O2S/c1-15(2)18-9-7-17(8-10-18)13-21(28)27(14-19-5-4-12-29-19)24-26-22-16(3)6-11-20(25)23(22)30-24/h6-11,15,19H,4-5,12-14H2,1-3H3. The molecule has 3 aromatic rings. The number of ether oxygens (including phenoxy) is 1. The maximum atomic E-state index is 13.4. The normalized spacial score (nSPS) is 16.5. The van der Waals surface area contributed by atoms with E-state index >= 15 is 0 Å². The van der Waals surface area contributed by atoms with Crippen LogP contribution in [0.15, 0.2) is 36.4 Å². The summed E-state index contributed by atoms with van der Waals surface area (Å²) in [6, 6.07) is 12.2. The zero-order chi connectivity index (χ0) is 21.3. The van der Waals surface area contributed by atoms with Gasteiger partial charge in [0.1, 0.15) is 0 Å². The second-order valence-corrected chi connectivity index (χ2v) is 9.64. The molecule has 1 unspecified atom stereocenters. The highest BCUT2D eigenvalue weighted by Gasteiger charge is 2.27. The lowest BCUT2D eigenvalue weighted by molar-refractivity contribution is -0.118. The van der Waals surface area contributed by atoms with Gasteiger partial charge in [-0.15, -0.1) is 0 Å². The van der Waals surface area contributed by atoms with Crippen LogP contribution in [-0.4, -0.2) is 30.1 Å². The third kappa shape index (κ3) is 4.53. The van der Waals surface area contributed by atoms with E-state index in [9.17, 15) is 4.79 Å². The van der Waals surface area contributed by atoms with E-state index in [-0.39, 0.29) is 12.0 Å². The third-order valence-electron chi connectivity index (χ3n) is 5.63.